The van der Waals surface area contributed by atoms with Crippen molar-refractivity contribution in [1.29, 1.82) is 0 Å². The van der Waals surface area contributed by atoms with Crippen LogP contribution in [0.2, 0.25) is 0 Å². The Labute approximate surface area is 108 Å². The molecule has 3 aromatic rings. The van der Waals surface area contributed by atoms with E-state index in [0.717, 1.165) is 22.3 Å². The molecule has 0 aliphatic heterocycles. The zero-order valence-corrected chi connectivity index (χ0v) is 10.6. The lowest BCUT2D eigenvalue weighted by atomic mass is 10.2. The van der Waals surface area contributed by atoms with Gasteiger partial charge in [0.25, 0.3) is 0 Å². The van der Waals surface area contributed by atoms with E-state index in [9.17, 15) is 0 Å². The van der Waals surface area contributed by atoms with Crippen molar-refractivity contribution in [3.63, 3.8) is 0 Å². The molecule has 6 nitrogen and oxygen atoms in total. The summed E-state index contributed by atoms with van der Waals surface area (Å²) in [5.41, 5.74) is 7.64. The van der Waals surface area contributed by atoms with Crippen LogP contribution in [-0.2, 0) is 12.8 Å². The Morgan fingerprint density at radius 1 is 1.39 bits per heavy atom. The molecule has 3 N–H and O–H groups in total. The predicted molar refractivity (Wildman–Crippen MR) is 71.1 cm³/mol. The lowest BCUT2D eigenvalue weighted by Gasteiger charge is -1.93. The summed E-state index contributed by atoms with van der Waals surface area (Å²) in [5, 5.41) is 12.9. The number of anilines is 1. The summed E-state index contributed by atoms with van der Waals surface area (Å²) in [6.07, 6.45) is 0. The van der Waals surface area contributed by atoms with E-state index in [1.165, 1.54) is 11.8 Å². The second-order valence-corrected chi connectivity index (χ2v) is 4.82. The first-order valence-electron chi connectivity index (χ1n) is 5.45. The second kappa shape index (κ2) is 4.34. The Hall–Kier alpha value is -2.02. The average Bonchev–Trinajstić information content (AvgIpc) is 2.92. The Morgan fingerprint density at radius 3 is 3.00 bits per heavy atom. The Morgan fingerprint density at radius 2 is 2.22 bits per heavy atom. The number of aromatic amines is 1. The van der Waals surface area contributed by atoms with E-state index in [1.54, 1.807) is 0 Å². The topological polar surface area (TPSA) is 85.4 Å². The fourth-order valence-electron chi connectivity index (χ4n) is 1.85. The molecule has 0 radical (unpaired) electrons. The zero-order valence-electron chi connectivity index (χ0n) is 9.79. The molecule has 0 aliphatic carbocycles. The minimum atomic E-state index is 0.336. The minimum absolute atomic E-state index is 0.336. The number of nitrogens with two attached hydrogens (primary N) is 1. The zero-order chi connectivity index (χ0) is 12.5. The van der Waals surface area contributed by atoms with Gasteiger partial charge in [-0.15, -0.1) is 5.10 Å². The van der Waals surface area contributed by atoms with Crippen molar-refractivity contribution >= 4 is 28.6 Å². The van der Waals surface area contributed by atoms with Crippen molar-refractivity contribution < 1.29 is 0 Å². The van der Waals surface area contributed by atoms with Crippen molar-refractivity contribution in [2.45, 2.75) is 10.9 Å². The van der Waals surface area contributed by atoms with Crippen LogP contribution in [0.15, 0.2) is 29.4 Å². The molecule has 1 aromatic carbocycles. The number of hydrogen-bond donors (Lipinski definition) is 2. The summed E-state index contributed by atoms with van der Waals surface area (Å²) in [7, 11) is 1.95. The fourth-order valence-corrected chi connectivity index (χ4v) is 2.60. The summed E-state index contributed by atoms with van der Waals surface area (Å²) < 4.78 is 1.89. The van der Waals surface area contributed by atoms with Crippen LogP contribution in [0.25, 0.3) is 10.9 Å². The van der Waals surface area contributed by atoms with Crippen LogP contribution in [0, 0.1) is 0 Å². The maximum absolute atomic E-state index is 5.48. The van der Waals surface area contributed by atoms with Crippen LogP contribution >= 0.6 is 11.8 Å². The van der Waals surface area contributed by atoms with Gasteiger partial charge in [-0.25, -0.2) is 5.10 Å². The van der Waals surface area contributed by atoms with Crippen molar-refractivity contribution in [2.24, 2.45) is 7.05 Å². The van der Waals surface area contributed by atoms with Crippen LogP contribution in [0.5, 0.6) is 0 Å². The number of benzene rings is 1. The Balaban J connectivity index is 1.86. The first-order valence-corrected chi connectivity index (χ1v) is 6.44. The van der Waals surface area contributed by atoms with Crippen LogP contribution in [0.4, 0.5) is 5.95 Å². The summed E-state index contributed by atoms with van der Waals surface area (Å²) in [6, 6.07) is 8.16. The smallest absolute Gasteiger partial charge is 0.216 e. The standard InChI is InChI=1S/C11H12N6S/c1-17-9-5-3-2-4-7(9)8(16-17)6-18-11-13-10(12)14-15-11/h2-5H,6H2,1H3,(H3,12,13,14,15). The van der Waals surface area contributed by atoms with Gasteiger partial charge in [-0.3, -0.25) is 4.68 Å². The molecule has 0 unspecified atom stereocenters. The third kappa shape index (κ3) is 1.92. The van der Waals surface area contributed by atoms with Gasteiger partial charge in [0.15, 0.2) is 0 Å². The van der Waals surface area contributed by atoms with Crippen LogP contribution in [-0.4, -0.2) is 25.0 Å². The fraction of sp³-hybridized carbons (Fsp3) is 0.182. The monoisotopic (exact) mass is 260 g/mol. The van der Waals surface area contributed by atoms with Gasteiger partial charge >= 0.3 is 0 Å². The molecular formula is C11H12N6S. The van der Waals surface area contributed by atoms with Gasteiger partial charge in [0.1, 0.15) is 0 Å². The van der Waals surface area contributed by atoms with Gasteiger partial charge in [-0.05, 0) is 6.07 Å². The lowest BCUT2D eigenvalue weighted by Crippen LogP contribution is -1.91. The lowest BCUT2D eigenvalue weighted by molar-refractivity contribution is 0.781. The van der Waals surface area contributed by atoms with Crippen LogP contribution in [0.3, 0.4) is 0 Å². The van der Waals surface area contributed by atoms with E-state index in [4.69, 9.17) is 5.73 Å². The van der Waals surface area contributed by atoms with Gasteiger partial charge in [-0.2, -0.15) is 10.1 Å². The van der Waals surface area contributed by atoms with Gasteiger partial charge in [0, 0.05) is 18.2 Å². The molecular weight excluding hydrogens is 248 g/mol. The number of nitrogens with zero attached hydrogens (tertiary/aromatic N) is 4. The SMILES string of the molecule is Cn1nc(CSc2n[nH]c(N)n2)c2ccccc21. The number of fused-ring (bicyclic) bond motifs is 1. The molecule has 92 valence electrons. The molecule has 0 aliphatic rings. The molecule has 3 rings (SSSR count). The van der Waals surface area contributed by atoms with Crippen molar-refractivity contribution in [3.05, 3.63) is 30.0 Å². The normalized spacial score (nSPS) is 11.2. The summed E-state index contributed by atoms with van der Waals surface area (Å²) >= 11 is 1.51. The van der Waals surface area contributed by atoms with Crippen LogP contribution in [0.1, 0.15) is 5.69 Å². The summed E-state index contributed by atoms with van der Waals surface area (Å²) in [6.45, 7) is 0. The molecule has 0 atom stereocenters. The molecule has 0 fully saturated rings. The van der Waals surface area contributed by atoms with E-state index in [2.05, 4.69) is 32.4 Å². The van der Waals surface area contributed by atoms with E-state index in [0.29, 0.717) is 11.1 Å². The number of rotatable bonds is 3. The van der Waals surface area contributed by atoms with Crippen molar-refractivity contribution in [2.75, 3.05) is 5.73 Å². The Kier molecular flexibility index (Phi) is 2.67. The first kappa shape index (κ1) is 11.1. The van der Waals surface area contributed by atoms with E-state index >= 15 is 0 Å². The third-order valence-electron chi connectivity index (χ3n) is 2.65. The molecule has 0 saturated carbocycles. The van der Waals surface area contributed by atoms with Crippen molar-refractivity contribution in [1.82, 2.24) is 25.0 Å². The van der Waals surface area contributed by atoms with Crippen LogP contribution < -0.4 is 5.73 Å². The average molecular weight is 260 g/mol. The number of nitrogens with one attached hydrogen (secondary N) is 1. The van der Waals surface area contributed by atoms with Gasteiger partial charge in [-0.1, -0.05) is 30.0 Å². The van der Waals surface area contributed by atoms with E-state index in [-0.39, 0.29) is 0 Å². The number of hydrogen-bond acceptors (Lipinski definition) is 5. The van der Waals surface area contributed by atoms with E-state index < -0.39 is 0 Å². The summed E-state index contributed by atoms with van der Waals surface area (Å²) in [5.74, 6) is 1.06. The van der Waals surface area contributed by atoms with Gasteiger partial charge in [0.05, 0.1) is 11.2 Å². The number of H-pyrrole nitrogens is 1. The number of nitrogen functional groups attached to an aromatic ring is 1. The van der Waals surface area contributed by atoms with Gasteiger partial charge < -0.3 is 5.73 Å². The molecule has 0 spiro atoms. The molecule has 0 bridgehead atoms. The first-order chi connectivity index (χ1) is 8.74. The molecule has 0 saturated heterocycles. The molecule has 0 amide bonds. The van der Waals surface area contributed by atoms with Gasteiger partial charge in [0.2, 0.25) is 11.1 Å². The highest BCUT2D eigenvalue weighted by molar-refractivity contribution is 7.98. The summed E-state index contributed by atoms with van der Waals surface area (Å²) in [4.78, 5) is 4.05. The number of aromatic nitrogens is 5. The highest BCUT2D eigenvalue weighted by Crippen LogP contribution is 2.24. The molecule has 7 heteroatoms. The number of thioether (sulfide) groups is 1. The number of aryl methyl sites for hydroxylation is 1. The third-order valence-corrected chi connectivity index (χ3v) is 3.51. The van der Waals surface area contributed by atoms with E-state index in [1.807, 2.05) is 23.9 Å². The highest BCUT2D eigenvalue weighted by Gasteiger charge is 2.09. The maximum atomic E-state index is 5.48. The maximum Gasteiger partial charge on any atom is 0.216 e. The minimum Gasteiger partial charge on any atom is -0.368 e. The Bertz CT molecular complexity index is 686. The second-order valence-electron chi connectivity index (χ2n) is 3.88. The van der Waals surface area contributed by atoms with Crippen molar-refractivity contribution in [3.8, 4) is 0 Å². The largest absolute Gasteiger partial charge is 0.368 e. The molecule has 18 heavy (non-hydrogen) atoms. The number of para-hydroxylation sites is 1. The quantitative estimate of drug-likeness (QED) is 0.698. The predicted octanol–water partition coefficient (Wildman–Crippen LogP) is 1.57. The molecule has 2 heterocycles. The molecule has 2 aromatic heterocycles. The highest BCUT2D eigenvalue weighted by atomic mass is 32.2.